The number of aryl methyl sites for hydroxylation is 1. The van der Waals surface area contributed by atoms with Gasteiger partial charge in [-0.15, -0.1) is 0 Å². The number of imidazole rings is 1. The van der Waals surface area contributed by atoms with Crippen molar-refractivity contribution in [1.82, 2.24) is 24.1 Å². The van der Waals surface area contributed by atoms with E-state index < -0.39 is 5.82 Å². The first-order valence-electron chi connectivity index (χ1n) is 15.7. The number of nitriles is 1. The molecule has 3 heterocycles. The van der Waals surface area contributed by atoms with Crippen molar-refractivity contribution in [2.45, 2.75) is 44.2 Å². The minimum Gasteiger partial charge on any atom is -0.497 e. The predicted molar refractivity (Wildman–Crippen MR) is 180 cm³/mol. The largest absolute Gasteiger partial charge is 0.497 e. The monoisotopic (exact) mass is 663 g/mol. The highest BCUT2D eigenvalue weighted by Gasteiger charge is 2.32. The zero-order valence-corrected chi connectivity index (χ0v) is 27.3. The first kappa shape index (κ1) is 30.0. The molecular weight excluding hydrogens is 633 g/mol. The van der Waals surface area contributed by atoms with Gasteiger partial charge in [-0.1, -0.05) is 11.6 Å². The van der Waals surface area contributed by atoms with Gasteiger partial charge >= 0.3 is 0 Å². The lowest BCUT2D eigenvalue weighted by atomic mass is 9.94. The van der Waals surface area contributed by atoms with Gasteiger partial charge in [0.05, 0.1) is 66.4 Å². The van der Waals surface area contributed by atoms with Gasteiger partial charge < -0.3 is 19.5 Å². The Morgan fingerprint density at radius 2 is 1.90 bits per heavy atom. The van der Waals surface area contributed by atoms with E-state index in [9.17, 15) is 5.26 Å². The van der Waals surface area contributed by atoms with Crippen LogP contribution in [0.15, 0.2) is 55.1 Å². The maximum absolute atomic E-state index is 16.0. The van der Waals surface area contributed by atoms with E-state index in [1.54, 1.807) is 38.3 Å². The third-order valence-corrected chi connectivity index (χ3v) is 9.31. The van der Waals surface area contributed by atoms with E-state index >= 15 is 4.39 Å². The van der Waals surface area contributed by atoms with Gasteiger partial charge in [0, 0.05) is 36.9 Å². The fraction of sp³-hybridized carbons (Fsp3) is 0.278. The second-order valence-corrected chi connectivity index (χ2v) is 12.6. The molecular formula is C36H31ClFN7O3. The second-order valence-electron chi connectivity index (χ2n) is 12.2. The second kappa shape index (κ2) is 11.7. The molecule has 0 spiro atoms. The molecule has 6 aromatic rings. The average Bonchev–Trinajstić information content (AvgIpc) is 4.03. The standard InChI is InChI=1S/C36H31ClFN7O3/c1-44-35(32-25(14-39)31(48-22-8-9-22)13-27(37)33(32)38)26(16-42-44)21-10-24(19-4-5-19)34-28(11-21)43-36(29-17-40-18-45(29)34)41-15-20-6-7-23(46-2)12-30(20)47-3/h6-7,10-13,16-19,22H,4-5,8-9,15H2,1-3H3,(H,41,43). The summed E-state index contributed by atoms with van der Waals surface area (Å²) in [4.78, 5) is 9.62. The molecule has 2 saturated carbocycles. The third-order valence-electron chi connectivity index (χ3n) is 9.03. The van der Waals surface area contributed by atoms with Crippen molar-refractivity contribution in [2.75, 3.05) is 19.5 Å². The van der Waals surface area contributed by atoms with Crippen LogP contribution in [-0.2, 0) is 13.6 Å². The molecule has 2 aliphatic carbocycles. The molecule has 2 aliphatic rings. The zero-order valence-electron chi connectivity index (χ0n) is 26.6. The number of aromatic nitrogens is 5. The maximum atomic E-state index is 16.0. The highest BCUT2D eigenvalue weighted by atomic mass is 35.5. The van der Waals surface area contributed by atoms with E-state index in [1.165, 1.54) is 6.07 Å². The number of hydrogen-bond acceptors (Lipinski definition) is 8. The number of ether oxygens (including phenoxy) is 3. The summed E-state index contributed by atoms with van der Waals surface area (Å²) >= 11 is 6.41. The highest BCUT2D eigenvalue weighted by Crippen LogP contribution is 2.47. The summed E-state index contributed by atoms with van der Waals surface area (Å²) in [7, 11) is 4.98. The zero-order chi connectivity index (χ0) is 33.1. The lowest BCUT2D eigenvalue weighted by molar-refractivity contribution is 0.302. The molecule has 0 radical (unpaired) electrons. The number of benzene rings is 3. The van der Waals surface area contributed by atoms with Crippen LogP contribution in [0.4, 0.5) is 10.2 Å². The van der Waals surface area contributed by atoms with Crippen molar-refractivity contribution in [1.29, 1.82) is 5.26 Å². The number of nitrogens with one attached hydrogen (secondary N) is 1. The van der Waals surface area contributed by atoms with E-state index in [0.29, 0.717) is 41.0 Å². The van der Waals surface area contributed by atoms with Crippen LogP contribution in [0.3, 0.4) is 0 Å². The van der Waals surface area contributed by atoms with Gasteiger partial charge in [0.1, 0.15) is 34.4 Å². The number of fused-ring (bicyclic) bond motifs is 3. The summed E-state index contributed by atoms with van der Waals surface area (Å²) in [5.41, 5.74) is 6.66. The highest BCUT2D eigenvalue weighted by molar-refractivity contribution is 6.31. The Kier molecular flexibility index (Phi) is 7.33. The van der Waals surface area contributed by atoms with Crippen LogP contribution in [-0.4, -0.2) is 44.5 Å². The lowest BCUT2D eigenvalue weighted by Crippen LogP contribution is -2.07. The van der Waals surface area contributed by atoms with Crippen LogP contribution in [0.2, 0.25) is 5.02 Å². The van der Waals surface area contributed by atoms with Gasteiger partial charge in [-0.05, 0) is 67.0 Å². The number of methoxy groups -OCH3 is 2. The van der Waals surface area contributed by atoms with Gasteiger partial charge in [-0.3, -0.25) is 9.08 Å². The van der Waals surface area contributed by atoms with E-state index in [2.05, 4.69) is 31.9 Å². The molecule has 2 fully saturated rings. The van der Waals surface area contributed by atoms with Crippen LogP contribution in [0.1, 0.15) is 48.3 Å². The predicted octanol–water partition coefficient (Wildman–Crippen LogP) is 7.66. The van der Waals surface area contributed by atoms with Crippen LogP contribution in [0.25, 0.3) is 38.9 Å². The van der Waals surface area contributed by atoms with E-state index in [1.807, 2.05) is 30.6 Å². The number of nitrogens with zero attached hydrogens (tertiary/aromatic N) is 6. The molecule has 0 atom stereocenters. The van der Waals surface area contributed by atoms with Crippen molar-refractivity contribution >= 4 is 34.0 Å². The average molecular weight is 664 g/mol. The number of anilines is 1. The van der Waals surface area contributed by atoms with Crippen molar-refractivity contribution in [3.8, 4) is 45.7 Å². The minimum atomic E-state index is -0.692. The normalized spacial score (nSPS) is 14.3. The summed E-state index contributed by atoms with van der Waals surface area (Å²) in [6.45, 7) is 0.449. The summed E-state index contributed by atoms with van der Waals surface area (Å²) in [6.07, 6.45) is 9.17. The molecule has 0 saturated heterocycles. The fourth-order valence-electron chi connectivity index (χ4n) is 6.32. The van der Waals surface area contributed by atoms with Gasteiger partial charge in [-0.2, -0.15) is 10.4 Å². The lowest BCUT2D eigenvalue weighted by Gasteiger charge is -2.17. The molecule has 10 nitrogen and oxygen atoms in total. The molecule has 0 aliphatic heterocycles. The van der Waals surface area contributed by atoms with Crippen molar-refractivity contribution in [3.63, 3.8) is 0 Å². The van der Waals surface area contributed by atoms with Gasteiger partial charge in [0.2, 0.25) is 0 Å². The first-order chi connectivity index (χ1) is 23.4. The Morgan fingerprint density at radius 1 is 1.06 bits per heavy atom. The summed E-state index contributed by atoms with van der Waals surface area (Å²) in [6, 6.07) is 13.4. The number of halogens is 2. The quantitative estimate of drug-likeness (QED) is 0.159. The Hall–Kier alpha value is -5.34. The molecule has 0 unspecified atom stereocenters. The maximum Gasteiger partial charge on any atom is 0.153 e. The molecule has 0 amide bonds. The van der Waals surface area contributed by atoms with Crippen LogP contribution in [0, 0.1) is 17.1 Å². The number of rotatable bonds is 10. The minimum absolute atomic E-state index is 0.00114. The van der Waals surface area contributed by atoms with Crippen molar-refractivity contribution in [2.24, 2.45) is 7.05 Å². The Balaban J connectivity index is 1.28. The van der Waals surface area contributed by atoms with Gasteiger partial charge in [0.15, 0.2) is 11.6 Å². The molecule has 1 N–H and O–H groups in total. The molecule has 3 aromatic carbocycles. The summed E-state index contributed by atoms with van der Waals surface area (Å²) in [5, 5.41) is 18.2. The molecule has 0 bridgehead atoms. The van der Waals surface area contributed by atoms with Gasteiger partial charge in [-0.25, -0.2) is 14.4 Å². The first-order valence-corrected chi connectivity index (χ1v) is 16.1. The SMILES string of the molecule is COc1ccc(CNc2nc3cc(-c4cnn(C)c4-c4c(F)c(Cl)cc(OC5CC5)c4C#N)cc(C4CC4)c3n3cncc23)c(OC)c1. The Morgan fingerprint density at radius 3 is 2.62 bits per heavy atom. The van der Waals surface area contributed by atoms with Crippen LogP contribution in [0.5, 0.6) is 17.2 Å². The Bertz CT molecular complexity index is 2280. The molecule has 3 aromatic heterocycles. The van der Waals surface area contributed by atoms with E-state index in [-0.39, 0.29) is 28.0 Å². The smallest absolute Gasteiger partial charge is 0.153 e. The van der Waals surface area contributed by atoms with Crippen LogP contribution >= 0.6 is 11.6 Å². The molecule has 242 valence electrons. The van der Waals surface area contributed by atoms with E-state index in [0.717, 1.165) is 58.9 Å². The topological polar surface area (TPSA) is 112 Å². The van der Waals surface area contributed by atoms with Crippen molar-refractivity contribution < 1.29 is 18.6 Å². The summed E-state index contributed by atoms with van der Waals surface area (Å²) in [5.74, 6) is 1.99. The number of hydrogen-bond donors (Lipinski definition) is 1. The van der Waals surface area contributed by atoms with Crippen molar-refractivity contribution in [3.05, 3.63) is 82.6 Å². The Labute approximate surface area is 280 Å². The van der Waals surface area contributed by atoms with E-state index in [4.69, 9.17) is 30.8 Å². The van der Waals surface area contributed by atoms with Crippen LogP contribution < -0.4 is 19.5 Å². The molecule has 48 heavy (non-hydrogen) atoms. The fourth-order valence-corrected chi connectivity index (χ4v) is 6.52. The molecule has 12 heteroatoms. The molecule has 8 rings (SSSR count). The summed E-state index contributed by atoms with van der Waals surface area (Å²) < 4.78 is 36.6. The third kappa shape index (κ3) is 5.13. The van der Waals surface area contributed by atoms with Gasteiger partial charge in [0.25, 0.3) is 0 Å².